The highest BCUT2D eigenvalue weighted by atomic mass is 32.1. The predicted octanol–water partition coefficient (Wildman–Crippen LogP) is 5.13. The van der Waals surface area contributed by atoms with E-state index in [0.29, 0.717) is 18.2 Å². The van der Waals surface area contributed by atoms with Gasteiger partial charge in [-0.3, -0.25) is 14.5 Å². The Labute approximate surface area is 187 Å². The second-order valence-corrected chi connectivity index (χ2v) is 10.3. The number of thiophene rings is 1. The van der Waals surface area contributed by atoms with Crippen LogP contribution in [0.25, 0.3) is 10.2 Å². The minimum absolute atomic E-state index is 0.0643. The van der Waals surface area contributed by atoms with Crippen LogP contribution in [0.5, 0.6) is 0 Å². The summed E-state index contributed by atoms with van der Waals surface area (Å²) < 4.78 is 3.12. The van der Waals surface area contributed by atoms with E-state index in [1.807, 2.05) is 60.2 Å². The number of fused-ring (bicyclic) bond motifs is 3. The number of hydrogen-bond donors (Lipinski definition) is 1. The first kappa shape index (κ1) is 20.3. The number of aromatic nitrogens is 1. The van der Waals surface area contributed by atoms with E-state index in [-0.39, 0.29) is 17.9 Å². The molecule has 1 saturated carbocycles. The van der Waals surface area contributed by atoms with Crippen LogP contribution >= 0.6 is 11.3 Å². The molecule has 3 heterocycles. The predicted molar refractivity (Wildman–Crippen MR) is 126 cm³/mol. The van der Waals surface area contributed by atoms with Crippen molar-refractivity contribution in [1.29, 1.82) is 0 Å². The molecular formula is C25H29N3O2S. The molecule has 1 N–H and O–H groups in total. The number of nitrogens with one attached hydrogen (secondary N) is 1. The monoisotopic (exact) mass is 435 g/mol. The molecule has 1 fully saturated rings. The largest absolute Gasteiger partial charge is 0.351 e. The number of aryl methyl sites for hydroxylation is 1. The molecule has 0 bridgehead atoms. The summed E-state index contributed by atoms with van der Waals surface area (Å²) in [5.74, 6) is 0.280. The number of hydrogen-bond acceptors (Lipinski definition) is 3. The van der Waals surface area contributed by atoms with Crippen LogP contribution in [0.1, 0.15) is 55.6 Å². The summed E-state index contributed by atoms with van der Waals surface area (Å²) in [6.45, 7) is 6.57. The van der Waals surface area contributed by atoms with Gasteiger partial charge in [0.1, 0.15) is 11.2 Å². The lowest BCUT2D eigenvalue weighted by Gasteiger charge is -2.45. The van der Waals surface area contributed by atoms with Crippen molar-refractivity contribution in [2.45, 2.75) is 64.6 Å². The average Bonchev–Trinajstić information content (AvgIpc) is 3.33. The van der Waals surface area contributed by atoms with Crippen LogP contribution in [-0.2, 0) is 11.3 Å². The van der Waals surface area contributed by atoms with Gasteiger partial charge in [-0.05, 0) is 61.7 Å². The Morgan fingerprint density at radius 3 is 2.74 bits per heavy atom. The first-order valence-corrected chi connectivity index (χ1v) is 12.1. The van der Waals surface area contributed by atoms with Crippen molar-refractivity contribution in [2.24, 2.45) is 5.92 Å². The van der Waals surface area contributed by atoms with E-state index >= 15 is 0 Å². The fourth-order valence-corrected chi connectivity index (χ4v) is 6.08. The lowest BCUT2D eigenvalue weighted by atomic mass is 9.84. The number of nitrogens with zero attached hydrogens (tertiary/aromatic N) is 2. The number of anilines is 1. The summed E-state index contributed by atoms with van der Waals surface area (Å²) >= 11 is 1.63. The molecule has 2 aliphatic rings. The zero-order valence-corrected chi connectivity index (χ0v) is 19.2. The van der Waals surface area contributed by atoms with Crippen molar-refractivity contribution in [3.63, 3.8) is 0 Å². The zero-order chi connectivity index (χ0) is 21.8. The fraction of sp³-hybridized carbons (Fsp3) is 0.440. The highest BCUT2D eigenvalue weighted by molar-refractivity contribution is 7.17. The third-order valence-electron chi connectivity index (χ3n) is 7.18. The van der Waals surface area contributed by atoms with Crippen molar-refractivity contribution in [3.8, 4) is 0 Å². The third kappa shape index (κ3) is 3.19. The molecule has 3 atom stereocenters. The summed E-state index contributed by atoms with van der Waals surface area (Å²) in [7, 11) is 0. The minimum atomic E-state index is -1.01. The molecule has 0 radical (unpaired) electrons. The molecule has 3 aromatic rings. The molecule has 162 valence electrons. The van der Waals surface area contributed by atoms with Gasteiger partial charge in [0.2, 0.25) is 5.91 Å². The standard InChI is InChI=1S/C25H29N3O2S/c1-16-8-4-6-10-18(16)26-24(30)25(3)15-27-20-12-13-31-22(20)14-21(27)23(29)28(25)19-11-7-5-9-17(19)2/h5,7,9,11-14,16,18H,4,6,8,10,15H2,1-3H3,(H,26,30)/t16-,18-,25+/m0/s1. The van der Waals surface area contributed by atoms with E-state index in [4.69, 9.17) is 0 Å². The summed E-state index contributed by atoms with van der Waals surface area (Å²) in [5, 5.41) is 5.38. The van der Waals surface area contributed by atoms with Crippen LogP contribution in [0.3, 0.4) is 0 Å². The molecule has 0 spiro atoms. The molecule has 6 heteroatoms. The molecule has 1 aliphatic carbocycles. The topological polar surface area (TPSA) is 54.3 Å². The number of benzene rings is 1. The van der Waals surface area contributed by atoms with E-state index in [0.717, 1.165) is 40.7 Å². The molecule has 2 aromatic heterocycles. The Morgan fingerprint density at radius 2 is 1.97 bits per heavy atom. The second-order valence-electron chi connectivity index (χ2n) is 9.33. The second kappa shape index (κ2) is 7.52. The van der Waals surface area contributed by atoms with Crippen LogP contribution in [0.15, 0.2) is 41.8 Å². The smallest absolute Gasteiger partial charge is 0.275 e. The van der Waals surface area contributed by atoms with Gasteiger partial charge < -0.3 is 9.88 Å². The first-order valence-electron chi connectivity index (χ1n) is 11.2. The minimum Gasteiger partial charge on any atom is -0.351 e. The van der Waals surface area contributed by atoms with Gasteiger partial charge in [-0.15, -0.1) is 11.3 Å². The molecule has 0 saturated heterocycles. The molecule has 31 heavy (non-hydrogen) atoms. The quantitative estimate of drug-likeness (QED) is 0.620. The van der Waals surface area contributed by atoms with Gasteiger partial charge >= 0.3 is 0 Å². The van der Waals surface area contributed by atoms with Crippen LogP contribution < -0.4 is 10.2 Å². The van der Waals surface area contributed by atoms with Crippen LogP contribution in [0, 0.1) is 12.8 Å². The lowest BCUT2D eigenvalue weighted by Crippen LogP contribution is -2.66. The Morgan fingerprint density at radius 1 is 1.19 bits per heavy atom. The Kier molecular flexibility index (Phi) is 4.93. The number of para-hydroxylation sites is 1. The van der Waals surface area contributed by atoms with Gasteiger partial charge in [-0.1, -0.05) is 38.0 Å². The Hall–Kier alpha value is -2.60. The fourth-order valence-electron chi connectivity index (χ4n) is 5.26. The van der Waals surface area contributed by atoms with Crippen LogP contribution in [0.4, 0.5) is 5.69 Å². The maximum Gasteiger partial charge on any atom is 0.275 e. The SMILES string of the molecule is Cc1ccccc1N1C(=O)c2cc3sccc3n2C[C@]1(C)C(=O)N[C@H]1CCCC[C@@H]1C. The Bertz CT molecular complexity index is 1160. The highest BCUT2D eigenvalue weighted by Crippen LogP contribution is 2.38. The Balaban J connectivity index is 1.61. The van der Waals surface area contributed by atoms with E-state index in [1.165, 1.54) is 6.42 Å². The normalized spacial score (nSPS) is 26.2. The third-order valence-corrected chi connectivity index (χ3v) is 8.03. The van der Waals surface area contributed by atoms with Gasteiger partial charge in [-0.2, -0.15) is 0 Å². The summed E-state index contributed by atoms with van der Waals surface area (Å²) in [6.07, 6.45) is 4.51. The van der Waals surface area contributed by atoms with Gasteiger partial charge in [0.25, 0.3) is 5.91 Å². The number of carbonyl (C=O) groups is 2. The van der Waals surface area contributed by atoms with Gasteiger partial charge in [0.15, 0.2) is 0 Å². The number of carbonyl (C=O) groups excluding carboxylic acids is 2. The first-order chi connectivity index (χ1) is 14.9. The van der Waals surface area contributed by atoms with Crippen molar-refractivity contribution < 1.29 is 9.59 Å². The van der Waals surface area contributed by atoms with Gasteiger partial charge in [0.05, 0.1) is 16.8 Å². The molecular weight excluding hydrogens is 406 g/mol. The lowest BCUT2D eigenvalue weighted by molar-refractivity contribution is -0.127. The summed E-state index contributed by atoms with van der Waals surface area (Å²) in [5.41, 5.74) is 2.46. The van der Waals surface area contributed by atoms with Crippen molar-refractivity contribution >= 4 is 39.1 Å². The van der Waals surface area contributed by atoms with Crippen molar-refractivity contribution in [2.75, 3.05) is 4.90 Å². The van der Waals surface area contributed by atoms with Gasteiger partial charge in [0, 0.05) is 11.7 Å². The van der Waals surface area contributed by atoms with E-state index in [1.54, 1.807) is 16.2 Å². The van der Waals surface area contributed by atoms with Crippen LogP contribution in [-0.4, -0.2) is 28.0 Å². The zero-order valence-electron chi connectivity index (χ0n) is 18.4. The maximum atomic E-state index is 13.9. The van der Waals surface area contributed by atoms with Crippen molar-refractivity contribution in [3.05, 3.63) is 53.0 Å². The van der Waals surface area contributed by atoms with E-state index in [9.17, 15) is 9.59 Å². The highest BCUT2D eigenvalue weighted by Gasteiger charge is 2.49. The van der Waals surface area contributed by atoms with E-state index in [2.05, 4.69) is 12.2 Å². The molecule has 1 aromatic carbocycles. The summed E-state index contributed by atoms with van der Waals surface area (Å²) in [6, 6.07) is 12.0. The summed E-state index contributed by atoms with van der Waals surface area (Å²) in [4.78, 5) is 29.4. The average molecular weight is 436 g/mol. The molecule has 0 unspecified atom stereocenters. The molecule has 1 aliphatic heterocycles. The molecule has 2 amide bonds. The maximum absolute atomic E-state index is 13.9. The molecule has 5 nitrogen and oxygen atoms in total. The molecule has 5 rings (SSSR count). The van der Waals surface area contributed by atoms with E-state index < -0.39 is 5.54 Å². The van der Waals surface area contributed by atoms with Crippen LogP contribution in [0.2, 0.25) is 0 Å². The number of amides is 2. The van der Waals surface area contributed by atoms with Crippen molar-refractivity contribution in [1.82, 2.24) is 9.88 Å². The number of rotatable bonds is 3. The van der Waals surface area contributed by atoms with Gasteiger partial charge in [-0.25, -0.2) is 0 Å².